The van der Waals surface area contributed by atoms with E-state index in [4.69, 9.17) is 0 Å². The van der Waals surface area contributed by atoms with E-state index < -0.39 is 15.4 Å². The standard InChI is InChI=1S/C20H42O4S.K/c1-3-4-5-6-7-8-9-10-11-12-13-14-17-20(21)18-15-16-19(2)25(22,23)24;/h19-21H,3-18H2,1-2H3,(H,22,23,24);/q;+1/p-1. The van der Waals surface area contributed by atoms with Gasteiger partial charge in [-0.15, -0.1) is 0 Å². The molecule has 0 radical (unpaired) electrons. The molecule has 0 aromatic carbocycles. The molecule has 0 bridgehead atoms. The molecule has 0 aromatic heterocycles. The molecular formula is C20H41KO4S. The van der Waals surface area contributed by atoms with E-state index in [9.17, 15) is 18.1 Å². The molecule has 26 heavy (non-hydrogen) atoms. The summed E-state index contributed by atoms with van der Waals surface area (Å²) in [5, 5.41) is 9.06. The van der Waals surface area contributed by atoms with Crippen molar-refractivity contribution in [3.63, 3.8) is 0 Å². The van der Waals surface area contributed by atoms with Crippen LogP contribution in [0.1, 0.15) is 117 Å². The van der Waals surface area contributed by atoms with Crippen LogP contribution in [0.5, 0.6) is 0 Å². The van der Waals surface area contributed by atoms with Gasteiger partial charge >= 0.3 is 51.4 Å². The zero-order valence-corrected chi connectivity index (χ0v) is 21.5. The molecule has 6 heteroatoms. The largest absolute Gasteiger partial charge is 1.00 e. The summed E-state index contributed by atoms with van der Waals surface area (Å²) in [5.41, 5.74) is 0. The quantitative estimate of drug-likeness (QED) is 0.212. The Bertz CT molecular complexity index is 387. The second-order valence-electron chi connectivity index (χ2n) is 7.57. The number of aliphatic hydroxyl groups excluding tert-OH is 1. The van der Waals surface area contributed by atoms with Crippen LogP contribution in [0, 0.1) is 0 Å². The van der Waals surface area contributed by atoms with Crippen molar-refractivity contribution >= 4 is 10.1 Å². The van der Waals surface area contributed by atoms with Gasteiger partial charge in [0.25, 0.3) is 0 Å². The fourth-order valence-corrected chi connectivity index (χ4v) is 3.61. The number of unbranched alkanes of at least 4 members (excludes halogenated alkanes) is 11. The molecular weight excluding hydrogens is 375 g/mol. The Labute approximate surface area is 205 Å². The maximum absolute atomic E-state index is 10.8. The Hall–Kier alpha value is 1.51. The number of rotatable bonds is 18. The van der Waals surface area contributed by atoms with Gasteiger partial charge in [-0.3, -0.25) is 0 Å². The molecule has 1 N–H and O–H groups in total. The van der Waals surface area contributed by atoms with Crippen LogP contribution < -0.4 is 51.4 Å². The van der Waals surface area contributed by atoms with Crippen LogP contribution >= 0.6 is 0 Å². The van der Waals surface area contributed by atoms with Crippen LogP contribution in [0.25, 0.3) is 0 Å². The minimum atomic E-state index is -4.17. The molecule has 0 amide bonds. The molecule has 152 valence electrons. The first-order chi connectivity index (χ1) is 11.9. The zero-order chi connectivity index (χ0) is 19.0. The van der Waals surface area contributed by atoms with E-state index in [1.807, 2.05) is 0 Å². The summed E-state index contributed by atoms with van der Waals surface area (Å²) in [7, 11) is -4.17. The normalized spacial score (nSPS) is 14.0. The molecule has 0 saturated heterocycles. The number of aliphatic hydroxyl groups is 1. The summed E-state index contributed by atoms with van der Waals surface area (Å²) in [6, 6.07) is 0. The molecule has 2 atom stereocenters. The minimum Gasteiger partial charge on any atom is -0.748 e. The topological polar surface area (TPSA) is 77.4 Å². The van der Waals surface area contributed by atoms with Crippen LogP contribution in [0.4, 0.5) is 0 Å². The Morgan fingerprint density at radius 1 is 0.731 bits per heavy atom. The third-order valence-electron chi connectivity index (χ3n) is 5.03. The van der Waals surface area contributed by atoms with Crippen LogP contribution in [-0.4, -0.2) is 29.4 Å². The predicted molar refractivity (Wildman–Crippen MR) is 105 cm³/mol. The molecule has 0 aliphatic carbocycles. The summed E-state index contributed by atoms with van der Waals surface area (Å²) in [5.74, 6) is 0. The molecule has 0 aromatic rings. The summed E-state index contributed by atoms with van der Waals surface area (Å²) in [6.45, 7) is 3.70. The fraction of sp³-hybridized carbons (Fsp3) is 1.00. The van der Waals surface area contributed by atoms with Crippen molar-refractivity contribution in [3.05, 3.63) is 0 Å². The SMILES string of the molecule is CCCCCCCCCCCCCCC(O)CCCC(C)S(=O)(=O)[O-].[K+]. The van der Waals surface area contributed by atoms with E-state index >= 15 is 0 Å². The van der Waals surface area contributed by atoms with Crippen molar-refractivity contribution in [2.24, 2.45) is 0 Å². The maximum atomic E-state index is 10.8. The van der Waals surface area contributed by atoms with E-state index in [1.54, 1.807) is 0 Å². The Balaban J connectivity index is 0. The van der Waals surface area contributed by atoms with Gasteiger partial charge in [0.05, 0.1) is 16.2 Å². The van der Waals surface area contributed by atoms with Crippen LogP contribution in [0.3, 0.4) is 0 Å². The van der Waals surface area contributed by atoms with Gasteiger partial charge in [0, 0.05) is 5.25 Å². The van der Waals surface area contributed by atoms with Gasteiger partial charge in [0.1, 0.15) is 0 Å². The molecule has 2 unspecified atom stereocenters. The van der Waals surface area contributed by atoms with E-state index in [0.29, 0.717) is 19.3 Å². The zero-order valence-electron chi connectivity index (χ0n) is 17.5. The predicted octanol–water partition coefficient (Wildman–Crippen LogP) is 2.55. The average Bonchev–Trinajstić information content (AvgIpc) is 2.55. The number of hydrogen-bond acceptors (Lipinski definition) is 4. The fourth-order valence-electron chi connectivity index (χ4n) is 3.15. The molecule has 4 nitrogen and oxygen atoms in total. The van der Waals surface area contributed by atoms with E-state index in [0.717, 1.165) is 12.8 Å². The van der Waals surface area contributed by atoms with Crippen molar-refractivity contribution in [1.29, 1.82) is 0 Å². The number of hydrogen-bond donors (Lipinski definition) is 1. The summed E-state index contributed by atoms with van der Waals surface area (Å²) >= 11 is 0. The first-order valence-corrected chi connectivity index (χ1v) is 12.0. The average molecular weight is 417 g/mol. The van der Waals surface area contributed by atoms with Gasteiger partial charge in [0.2, 0.25) is 0 Å². The van der Waals surface area contributed by atoms with Crippen molar-refractivity contribution < 1.29 is 69.5 Å². The van der Waals surface area contributed by atoms with Gasteiger partial charge in [0.15, 0.2) is 0 Å². The van der Waals surface area contributed by atoms with Gasteiger partial charge in [-0.2, -0.15) is 0 Å². The first kappa shape index (κ1) is 29.7. The smallest absolute Gasteiger partial charge is 0.748 e. The van der Waals surface area contributed by atoms with Crippen molar-refractivity contribution in [2.45, 2.75) is 128 Å². The van der Waals surface area contributed by atoms with Crippen LogP contribution in [0.15, 0.2) is 0 Å². The maximum Gasteiger partial charge on any atom is 1.00 e. The van der Waals surface area contributed by atoms with Crippen LogP contribution in [-0.2, 0) is 10.1 Å². The molecule has 0 spiro atoms. The molecule has 0 fully saturated rings. The molecule has 0 rings (SSSR count). The minimum absolute atomic E-state index is 0. The molecule has 0 heterocycles. The second kappa shape index (κ2) is 19.8. The second-order valence-corrected chi connectivity index (χ2v) is 9.36. The third-order valence-corrected chi connectivity index (χ3v) is 6.25. The van der Waals surface area contributed by atoms with Gasteiger partial charge < -0.3 is 9.66 Å². The first-order valence-electron chi connectivity index (χ1n) is 10.5. The van der Waals surface area contributed by atoms with Crippen molar-refractivity contribution in [2.75, 3.05) is 0 Å². The van der Waals surface area contributed by atoms with E-state index in [2.05, 4.69) is 6.92 Å². The van der Waals surface area contributed by atoms with E-state index in [1.165, 1.54) is 77.6 Å². The Morgan fingerprint density at radius 2 is 1.12 bits per heavy atom. The van der Waals surface area contributed by atoms with Crippen molar-refractivity contribution in [1.82, 2.24) is 0 Å². The third kappa shape index (κ3) is 20.2. The van der Waals surface area contributed by atoms with Crippen LogP contribution in [0.2, 0.25) is 0 Å². The Morgan fingerprint density at radius 3 is 1.54 bits per heavy atom. The summed E-state index contributed by atoms with van der Waals surface area (Å²) < 4.78 is 32.4. The summed E-state index contributed by atoms with van der Waals surface area (Å²) in [4.78, 5) is 0. The Kier molecular flexibility index (Phi) is 22.6. The van der Waals surface area contributed by atoms with Gasteiger partial charge in [-0.1, -0.05) is 84.0 Å². The summed E-state index contributed by atoms with van der Waals surface area (Å²) in [6.07, 6.45) is 17.6. The van der Waals surface area contributed by atoms with Crippen molar-refractivity contribution in [3.8, 4) is 0 Å². The molecule has 0 saturated carbocycles. The molecule has 0 aliphatic rings. The monoisotopic (exact) mass is 416 g/mol. The molecule has 0 aliphatic heterocycles. The van der Waals surface area contributed by atoms with E-state index in [-0.39, 0.29) is 57.5 Å². The van der Waals surface area contributed by atoms with Gasteiger partial charge in [-0.05, 0) is 32.6 Å². The van der Waals surface area contributed by atoms with Gasteiger partial charge in [-0.25, -0.2) is 8.42 Å².